The van der Waals surface area contributed by atoms with Crippen molar-refractivity contribution < 1.29 is 14.3 Å². The number of aromatic amines is 1. The molecular formula is C23H30N6O3. The average Bonchev–Trinajstić information content (AvgIpc) is 3.53. The lowest BCUT2D eigenvalue weighted by atomic mass is 10.2. The van der Waals surface area contributed by atoms with Crippen molar-refractivity contribution in [2.24, 2.45) is 0 Å². The molecule has 9 heteroatoms. The summed E-state index contributed by atoms with van der Waals surface area (Å²) in [6.07, 6.45) is 9.80. The second kappa shape index (κ2) is 12.4. The average molecular weight is 439 g/mol. The molecule has 170 valence electrons. The lowest BCUT2D eigenvalue weighted by Crippen LogP contribution is -2.22. The number of rotatable bonds is 8. The van der Waals surface area contributed by atoms with E-state index in [4.69, 9.17) is 9.47 Å². The van der Waals surface area contributed by atoms with Crippen LogP contribution in [0.2, 0.25) is 0 Å². The van der Waals surface area contributed by atoms with Gasteiger partial charge in [-0.1, -0.05) is 18.2 Å². The topological polar surface area (TPSA) is 105 Å². The molecule has 0 aliphatic carbocycles. The van der Waals surface area contributed by atoms with Crippen LogP contribution in [0.15, 0.2) is 43.0 Å². The van der Waals surface area contributed by atoms with Gasteiger partial charge in [0, 0.05) is 45.0 Å². The lowest BCUT2D eigenvalue weighted by molar-refractivity contribution is -0.116. The molecule has 3 heterocycles. The summed E-state index contributed by atoms with van der Waals surface area (Å²) in [7, 11) is 3.25. The summed E-state index contributed by atoms with van der Waals surface area (Å²) in [5.74, 6) is 1.63. The zero-order valence-corrected chi connectivity index (χ0v) is 18.6. The van der Waals surface area contributed by atoms with Crippen molar-refractivity contribution in [3.63, 3.8) is 0 Å². The van der Waals surface area contributed by atoms with Crippen LogP contribution in [-0.2, 0) is 9.53 Å². The summed E-state index contributed by atoms with van der Waals surface area (Å²) in [4.78, 5) is 29.4. The van der Waals surface area contributed by atoms with E-state index < -0.39 is 0 Å². The van der Waals surface area contributed by atoms with Gasteiger partial charge in [0.1, 0.15) is 17.6 Å². The highest BCUT2D eigenvalue weighted by molar-refractivity contribution is 5.92. The number of carbonyl (C=O) groups excluding carboxylic acids is 1. The molecule has 0 saturated carbocycles. The van der Waals surface area contributed by atoms with Crippen LogP contribution < -0.4 is 15.0 Å². The number of fused-ring (bicyclic) bond motifs is 1. The molecule has 1 aromatic carbocycles. The largest absolute Gasteiger partial charge is 0.496 e. The van der Waals surface area contributed by atoms with Crippen LogP contribution >= 0.6 is 0 Å². The molecule has 1 aliphatic heterocycles. The van der Waals surface area contributed by atoms with Crippen LogP contribution in [0.1, 0.15) is 24.8 Å². The fourth-order valence-corrected chi connectivity index (χ4v) is 3.38. The molecule has 0 unspecified atom stereocenters. The van der Waals surface area contributed by atoms with Gasteiger partial charge < -0.3 is 24.7 Å². The number of nitrogens with one attached hydrogen (secondary N) is 2. The summed E-state index contributed by atoms with van der Waals surface area (Å²) in [5, 5.41) is 2.78. The van der Waals surface area contributed by atoms with Crippen LogP contribution in [-0.4, -0.2) is 66.3 Å². The Kier molecular flexibility index (Phi) is 9.00. The Morgan fingerprint density at radius 3 is 2.78 bits per heavy atom. The molecule has 1 amide bonds. The van der Waals surface area contributed by atoms with E-state index in [1.165, 1.54) is 18.9 Å². The van der Waals surface area contributed by atoms with Gasteiger partial charge in [0.05, 0.1) is 13.4 Å². The van der Waals surface area contributed by atoms with Crippen molar-refractivity contribution in [2.45, 2.75) is 19.3 Å². The molecule has 3 aromatic rings. The maximum Gasteiger partial charge on any atom is 0.244 e. The van der Waals surface area contributed by atoms with Crippen LogP contribution in [0.5, 0.6) is 5.75 Å². The van der Waals surface area contributed by atoms with Crippen LogP contribution in [0.3, 0.4) is 0 Å². The lowest BCUT2D eigenvalue weighted by Gasteiger charge is -2.15. The molecule has 9 nitrogen and oxygen atoms in total. The van der Waals surface area contributed by atoms with Gasteiger partial charge in [-0.25, -0.2) is 15.0 Å². The molecular weight excluding hydrogens is 408 g/mol. The SMILES string of the molecule is COCCCNC(=O)/C=C/c1ccccc1OC.c1nc(N2CCCC2)c2[nH]cnc2n1. The molecule has 2 aromatic heterocycles. The van der Waals surface area contributed by atoms with Gasteiger partial charge in [0.2, 0.25) is 5.91 Å². The highest BCUT2D eigenvalue weighted by Gasteiger charge is 2.17. The van der Waals surface area contributed by atoms with E-state index in [1.807, 2.05) is 24.3 Å². The second-order valence-corrected chi connectivity index (χ2v) is 7.21. The van der Waals surface area contributed by atoms with Crippen molar-refractivity contribution >= 4 is 29.0 Å². The number of benzene rings is 1. The minimum absolute atomic E-state index is 0.114. The highest BCUT2D eigenvalue weighted by atomic mass is 16.5. The Bertz CT molecular complexity index is 1010. The summed E-state index contributed by atoms with van der Waals surface area (Å²) >= 11 is 0. The number of ether oxygens (including phenoxy) is 2. The Labute approximate surface area is 187 Å². The van der Waals surface area contributed by atoms with Gasteiger partial charge in [0.25, 0.3) is 0 Å². The summed E-state index contributed by atoms with van der Waals surface area (Å²) in [5.41, 5.74) is 2.59. The minimum atomic E-state index is -0.114. The number of hydrogen-bond acceptors (Lipinski definition) is 7. The van der Waals surface area contributed by atoms with E-state index in [9.17, 15) is 4.79 Å². The minimum Gasteiger partial charge on any atom is -0.496 e. The first-order valence-electron chi connectivity index (χ1n) is 10.7. The van der Waals surface area contributed by atoms with E-state index in [0.717, 1.165) is 47.8 Å². The number of imidazole rings is 1. The standard InChI is InChI=1S/C14H19NO3.C9H11N5/c1-17-11-5-10-15-14(16)9-8-12-6-3-4-7-13(12)18-2;1-2-4-14(3-1)9-7-8(11-5-10-7)12-6-13-9/h3-4,6-9H,5,10-11H2,1-2H3,(H,15,16);5-6H,1-4H2,(H,10,11,12,13)/b9-8+;. The maximum absolute atomic E-state index is 11.5. The van der Waals surface area contributed by atoms with Gasteiger partial charge in [-0.15, -0.1) is 0 Å². The highest BCUT2D eigenvalue weighted by Crippen LogP contribution is 2.23. The first kappa shape index (κ1) is 23.2. The first-order valence-corrected chi connectivity index (χ1v) is 10.7. The van der Waals surface area contributed by atoms with Gasteiger partial charge in [-0.2, -0.15) is 0 Å². The fraction of sp³-hybridized carbons (Fsp3) is 0.391. The number of nitrogens with zero attached hydrogens (tertiary/aromatic N) is 4. The maximum atomic E-state index is 11.5. The quantitative estimate of drug-likeness (QED) is 0.411. The summed E-state index contributed by atoms with van der Waals surface area (Å²) in [6, 6.07) is 7.55. The first-order chi connectivity index (χ1) is 15.7. The molecule has 0 atom stereocenters. The smallest absolute Gasteiger partial charge is 0.244 e. The molecule has 1 fully saturated rings. The third-order valence-corrected chi connectivity index (χ3v) is 4.99. The number of amides is 1. The normalized spacial score (nSPS) is 13.2. The predicted octanol–water partition coefficient (Wildman–Crippen LogP) is 2.81. The van der Waals surface area contributed by atoms with Crippen molar-refractivity contribution in [2.75, 3.05) is 45.4 Å². The predicted molar refractivity (Wildman–Crippen MR) is 125 cm³/mol. The second-order valence-electron chi connectivity index (χ2n) is 7.21. The number of aromatic nitrogens is 4. The van der Waals surface area contributed by atoms with E-state index in [2.05, 4.69) is 30.2 Å². The third kappa shape index (κ3) is 6.52. The Morgan fingerprint density at radius 1 is 1.19 bits per heavy atom. The number of methoxy groups -OCH3 is 2. The van der Waals surface area contributed by atoms with Gasteiger partial charge in [0.15, 0.2) is 11.5 Å². The van der Waals surface area contributed by atoms with Gasteiger partial charge in [-0.05, 0) is 31.4 Å². The number of carbonyl (C=O) groups is 1. The van der Waals surface area contributed by atoms with Crippen molar-refractivity contribution in [3.05, 3.63) is 48.6 Å². The van der Waals surface area contributed by atoms with Gasteiger partial charge >= 0.3 is 0 Å². The Hall–Kier alpha value is -3.46. The van der Waals surface area contributed by atoms with Crippen molar-refractivity contribution in [1.82, 2.24) is 25.3 Å². The number of H-pyrrole nitrogens is 1. The summed E-state index contributed by atoms with van der Waals surface area (Å²) < 4.78 is 10.1. The number of hydrogen-bond donors (Lipinski definition) is 2. The molecule has 4 rings (SSSR count). The third-order valence-electron chi connectivity index (χ3n) is 4.99. The number of para-hydroxylation sites is 1. The van der Waals surface area contributed by atoms with E-state index >= 15 is 0 Å². The van der Waals surface area contributed by atoms with Crippen molar-refractivity contribution in [3.8, 4) is 5.75 Å². The molecule has 1 saturated heterocycles. The fourth-order valence-electron chi connectivity index (χ4n) is 3.38. The van der Waals surface area contributed by atoms with Crippen LogP contribution in [0.4, 0.5) is 5.82 Å². The zero-order chi connectivity index (χ0) is 22.6. The number of anilines is 1. The molecule has 32 heavy (non-hydrogen) atoms. The Morgan fingerprint density at radius 2 is 2.00 bits per heavy atom. The van der Waals surface area contributed by atoms with E-state index in [1.54, 1.807) is 33.0 Å². The molecule has 0 spiro atoms. The zero-order valence-electron chi connectivity index (χ0n) is 18.6. The molecule has 0 bridgehead atoms. The van der Waals surface area contributed by atoms with Crippen molar-refractivity contribution in [1.29, 1.82) is 0 Å². The molecule has 0 radical (unpaired) electrons. The summed E-state index contributed by atoms with van der Waals surface area (Å²) in [6.45, 7) is 3.44. The Balaban J connectivity index is 0.000000185. The monoisotopic (exact) mass is 438 g/mol. The van der Waals surface area contributed by atoms with Crippen LogP contribution in [0, 0.1) is 0 Å². The van der Waals surface area contributed by atoms with E-state index in [-0.39, 0.29) is 5.91 Å². The van der Waals surface area contributed by atoms with Crippen LogP contribution in [0.25, 0.3) is 17.2 Å². The molecule has 1 aliphatic rings. The molecule has 2 N–H and O–H groups in total. The van der Waals surface area contributed by atoms with E-state index in [0.29, 0.717) is 13.2 Å². The van der Waals surface area contributed by atoms with Gasteiger partial charge in [-0.3, -0.25) is 4.79 Å².